The number of benzene rings is 2. The van der Waals surface area contributed by atoms with Gasteiger partial charge in [-0.05, 0) is 36.9 Å². The summed E-state index contributed by atoms with van der Waals surface area (Å²) in [5, 5.41) is 11.7. The number of nitrogens with one attached hydrogen (secondary N) is 2. The molecule has 1 aliphatic rings. The summed E-state index contributed by atoms with van der Waals surface area (Å²) < 4.78 is 2.00. The van der Waals surface area contributed by atoms with Crippen molar-refractivity contribution in [1.29, 1.82) is 0 Å². The lowest BCUT2D eigenvalue weighted by Gasteiger charge is -2.35. The molecule has 3 aromatic heterocycles. The van der Waals surface area contributed by atoms with Gasteiger partial charge in [0.25, 0.3) is 0 Å². The topological polar surface area (TPSA) is 77.4 Å². The molecular formula is C25H26N8. The Morgan fingerprint density at radius 1 is 1.03 bits per heavy atom. The van der Waals surface area contributed by atoms with Gasteiger partial charge in [-0.3, -0.25) is 5.10 Å². The molecule has 2 N–H and O–H groups in total. The fourth-order valence-electron chi connectivity index (χ4n) is 4.47. The first kappa shape index (κ1) is 19.8. The molecule has 6 rings (SSSR count). The maximum atomic E-state index is 4.92. The van der Waals surface area contributed by atoms with Crippen LogP contribution in [0.25, 0.3) is 27.8 Å². The Kier molecular flexibility index (Phi) is 4.92. The van der Waals surface area contributed by atoms with Crippen LogP contribution in [-0.4, -0.2) is 62.2 Å². The second-order valence-electron chi connectivity index (χ2n) is 8.40. The van der Waals surface area contributed by atoms with E-state index in [1.165, 1.54) is 5.69 Å². The Bertz CT molecular complexity index is 1390. The molecule has 1 fully saturated rings. The van der Waals surface area contributed by atoms with Crippen LogP contribution in [0.1, 0.15) is 6.92 Å². The number of aromatic amines is 1. The van der Waals surface area contributed by atoms with E-state index in [4.69, 9.17) is 4.98 Å². The van der Waals surface area contributed by atoms with Crippen LogP contribution in [0.3, 0.4) is 0 Å². The number of rotatable bonds is 5. The van der Waals surface area contributed by atoms with Gasteiger partial charge in [0.1, 0.15) is 0 Å². The molecule has 0 spiro atoms. The molecular weight excluding hydrogens is 412 g/mol. The Morgan fingerprint density at radius 3 is 2.70 bits per heavy atom. The molecule has 0 aliphatic carbocycles. The van der Waals surface area contributed by atoms with Crippen molar-refractivity contribution < 1.29 is 0 Å². The van der Waals surface area contributed by atoms with E-state index < -0.39 is 0 Å². The minimum absolute atomic E-state index is 0.728. The van der Waals surface area contributed by atoms with Gasteiger partial charge >= 0.3 is 0 Å². The minimum Gasteiger partial charge on any atom is -0.369 e. The molecule has 0 bridgehead atoms. The molecule has 8 nitrogen and oxygen atoms in total. The standard InChI is InChI=1S/C25H26N8/c1-2-31-11-13-32(14-12-31)21-7-5-20(6-8-21)28-24-25-26-9-10-33(25)17-23(29-24)18-3-4-19-16-27-30-22(19)15-18/h3-10,15-17H,2,11-14H2,1H3,(H,27,30)(H,28,29). The van der Waals surface area contributed by atoms with Gasteiger partial charge in [-0.15, -0.1) is 0 Å². The zero-order valence-electron chi connectivity index (χ0n) is 18.6. The van der Waals surface area contributed by atoms with Crippen LogP contribution in [0.2, 0.25) is 0 Å². The molecule has 0 radical (unpaired) electrons. The lowest BCUT2D eigenvalue weighted by Crippen LogP contribution is -2.46. The van der Waals surface area contributed by atoms with Crippen molar-refractivity contribution in [3.8, 4) is 11.3 Å². The number of piperazine rings is 1. The van der Waals surface area contributed by atoms with E-state index in [9.17, 15) is 0 Å². The third kappa shape index (κ3) is 3.78. The second kappa shape index (κ2) is 8.22. The minimum atomic E-state index is 0.728. The van der Waals surface area contributed by atoms with E-state index in [1.807, 2.05) is 23.0 Å². The molecule has 5 aromatic rings. The number of likely N-dealkylation sites (N-methyl/N-ethyl adjacent to an activating group) is 1. The summed E-state index contributed by atoms with van der Waals surface area (Å²) in [5.41, 5.74) is 5.92. The third-order valence-corrected chi connectivity index (χ3v) is 6.43. The van der Waals surface area contributed by atoms with Crippen LogP contribution in [-0.2, 0) is 0 Å². The molecule has 1 aliphatic heterocycles. The predicted molar refractivity (Wildman–Crippen MR) is 132 cm³/mol. The zero-order chi connectivity index (χ0) is 22.2. The number of hydrogen-bond donors (Lipinski definition) is 2. The number of H-pyrrole nitrogens is 1. The van der Waals surface area contributed by atoms with E-state index in [1.54, 1.807) is 6.20 Å². The molecule has 2 aromatic carbocycles. The highest BCUT2D eigenvalue weighted by Gasteiger charge is 2.16. The third-order valence-electron chi connectivity index (χ3n) is 6.43. The highest BCUT2D eigenvalue weighted by atomic mass is 15.3. The van der Waals surface area contributed by atoms with Crippen LogP contribution in [0, 0.1) is 0 Å². The van der Waals surface area contributed by atoms with Gasteiger partial charge < -0.3 is 19.5 Å². The fraction of sp³-hybridized carbons (Fsp3) is 0.240. The van der Waals surface area contributed by atoms with Gasteiger partial charge in [0.2, 0.25) is 0 Å². The zero-order valence-corrected chi connectivity index (χ0v) is 18.6. The Morgan fingerprint density at radius 2 is 1.88 bits per heavy atom. The average molecular weight is 439 g/mol. The monoisotopic (exact) mass is 438 g/mol. The van der Waals surface area contributed by atoms with Gasteiger partial charge in [0.05, 0.1) is 17.4 Å². The first-order valence-electron chi connectivity index (χ1n) is 11.4. The molecule has 8 heteroatoms. The number of anilines is 3. The lowest BCUT2D eigenvalue weighted by atomic mass is 10.1. The summed E-state index contributed by atoms with van der Waals surface area (Å²) in [5.74, 6) is 0.728. The number of nitrogens with zero attached hydrogens (tertiary/aromatic N) is 6. The molecule has 0 atom stereocenters. The van der Waals surface area contributed by atoms with Crippen molar-refractivity contribution in [3.05, 3.63) is 67.3 Å². The Balaban J connectivity index is 1.28. The highest BCUT2D eigenvalue weighted by Crippen LogP contribution is 2.27. The smallest absolute Gasteiger partial charge is 0.180 e. The summed E-state index contributed by atoms with van der Waals surface area (Å²) in [6.45, 7) is 7.73. The van der Waals surface area contributed by atoms with Gasteiger partial charge in [0, 0.05) is 67.1 Å². The van der Waals surface area contributed by atoms with Crippen molar-refractivity contribution >= 4 is 33.7 Å². The second-order valence-corrected chi connectivity index (χ2v) is 8.40. The van der Waals surface area contributed by atoms with Crippen molar-refractivity contribution in [3.63, 3.8) is 0 Å². The SMILES string of the molecule is CCN1CCN(c2ccc(Nc3nc(-c4ccc5cn[nH]c5c4)cn4ccnc34)cc2)CC1. The fourth-order valence-corrected chi connectivity index (χ4v) is 4.47. The molecule has 4 heterocycles. The quantitative estimate of drug-likeness (QED) is 0.429. The number of imidazole rings is 1. The normalized spacial score (nSPS) is 14.9. The molecule has 166 valence electrons. The van der Waals surface area contributed by atoms with Crippen molar-refractivity contribution in [2.75, 3.05) is 42.9 Å². The first-order chi connectivity index (χ1) is 16.3. The van der Waals surface area contributed by atoms with Gasteiger partial charge in [-0.25, -0.2) is 9.97 Å². The van der Waals surface area contributed by atoms with Crippen LogP contribution in [0.5, 0.6) is 0 Å². The summed E-state index contributed by atoms with van der Waals surface area (Å²) in [4.78, 5) is 14.4. The summed E-state index contributed by atoms with van der Waals surface area (Å²) in [7, 11) is 0. The van der Waals surface area contributed by atoms with Gasteiger partial charge in [-0.2, -0.15) is 5.10 Å². The molecule has 0 saturated carbocycles. The number of aromatic nitrogens is 5. The van der Waals surface area contributed by atoms with Crippen LogP contribution < -0.4 is 10.2 Å². The highest BCUT2D eigenvalue weighted by molar-refractivity contribution is 5.84. The van der Waals surface area contributed by atoms with Crippen LogP contribution >= 0.6 is 0 Å². The summed E-state index contributed by atoms with van der Waals surface area (Å²) >= 11 is 0. The van der Waals surface area contributed by atoms with E-state index in [2.05, 4.69) is 79.7 Å². The van der Waals surface area contributed by atoms with E-state index in [-0.39, 0.29) is 0 Å². The van der Waals surface area contributed by atoms with E-state index >= 15 is 0 Å². The Hall–Kier alpha value is -3.91. The number of hydrogen-bond acceptors (Lipinski definition) is 6. The van der Waals surface area contributed by atoms with Gasteiger partial charge in [0.15, 0.2) is 11.5 Å². The van der Waals surface area contributed by atoms with Crippen molar-refractivity contribution in [2.24, 2.45) is 0 Å². The molecule has 0 unspecified atom stereocenters. The summed E-state index contributed by atoms with van der Waals surface area (Å²) in [6, 6.07) is 14.8. The van der Waals surface area contributed by atoms with E-state index in [0.29, 0.717) is 0 Å². The number of fused-ring (bicyclic) bond motifs is 2. The maximum absolute atomic E-state index is 4.92. The van der Waals surface area contributed by atoms with Crippen molar-refractivity contribution in [1.82, 2.24) is 29.5 Å². The maximum Gasteiger partial charge on any atom is 0.180 e. The van der Waals surface area contributed by atoms with Crippen LogP contribution in [0.15, 0.2) is 67.3 Å². The van der Waals surface area contributed by atoms with Gasteiger partial charge in [-0.1, -0.05) is 19.1 Å². The predicted octanol–water partition coefficient (Wildman–Crippen LogP) is 4.16. The first-order valence-corrected chi connectivity index (χ1v) is 11.4. The molecule has 1 saturated heterocycles. The molecule has 33 heavy (non-hydrogen) atoms. The average Bonchev–Trinajstić information content (AvgIpc) is 3.53. The largest absolute Gasteiger partial charge is 0.369 e. The van der Waals surface area contributed by atoms with Crippen LogP contribution in [0.4, 0.5) is 17.2 Å². The van der Waals surface area contributed by atoms with E-state index in [0.717, 1.165) is 72.0 Å². The lowest BCUT2D eigenvalue weighted by molar-refractivity contribution is 0.271. The van der Waals surface area contributed by atoms with Crippen molar-refractivity contribution in [2.45, 2.75) is 6.92 Å². The summed E-state index contributed by atoms with van der Waals surface area (Å²) in [6.07, 6.45) is 7.57. The molecule has 0 amide bonds. The Labute approximate surface area is 191 Å².